The van der Waals surface area contributed by atoms with Crippen LogP contribution in [-0.4, -0.2) is 65.0 Å². The number of aliphatic imine (C=N–C) groups is 1. The van der Waals surface area contributed by atoms with Crippen LogP contribution in [0.1, 0.15) is 57.9 Å². The number of guanidine groups is 1. The van der Waals surface area contributed by atoms with E-state index >= 15 is 0 Å². The van der Waals surface area contributed by atoms with E-state index in [2.05, 4.69) is 32.5 Å². The van der Waals surface area contributed by atoms with Crippen LogP contribution < -0.4 is 10.6 Å². The second-order valence-electron chi connectivity index (χ2n) is 7.76. The first-order chi connectivity index (χ1) is 13.0. The van der Waals surface area contributed by atoms with Gasteiger partial charge >= 0.3 is 0 Å². The summed E-state index contributed by atoms with van der Waals surface area (Å²) < 4.78 is 1.70. The van der Waals surface area contributed by atoms with Crippen molar-refractivity contribution in [1.82, 2.24) is 25.3 Å². The van der Waals surface area contributed by atoms with E-state index in [4.69, 9.17) is 0 Å². The molecule has 0 aliphatic carbocycles. The number of piperidine rings is 1. The van der Waals surface area contributed by atoms with Crippen LogP contribution in [0.3, 0.4) is 0 Å². The summed E-state index contributed by atoms with van der Waals surface area (Å²) >= 11 is 0. The van der Waals surface area contributed by atoms with Gasteiger partial charge in [0.05, 0.1) is 12.7 Å². The Morgan fingerprint density at radius 3 is 2.61 bits per heavy atom. The third kappa shape index (κ3) is 9.09. The summed E-state index contributed by atoms with van der Waals surface area (Å²) in [5, 5.41) is 21.4. The molecular weight excluding hydrogens is 467 g/mol. The van der Waals surface area contributed by atoms with Crippen LogP contribution in [0.15, 0.2) is 17.4 Å². The van der Waals surface area contributed by atoms with Gasteiger partial charge in [0.15, 0.2) is 5.96 Å². The van der Waals surface area contributed by atoms with Crippen molar-refractivity contribution in [3.8, 4) is 0 Å². The molecule has 2 heterocycles. The molecular formula is C20H39IN6O. The van der Waals surface area contributed by atoms with Crippen molar-refractivity contribution in [2.24, 2.45) is 12.0 Å². The number of unbranched alkanes of at least 4 members (excludes halogenated alkanes) is 2. The normalized spacial score (nSPS) is 17.6. The van der Waals surface area contributed by atoms with Crippen molar-refractivity contribution in [2.75, 3.05) is 39.3 Å². The molecule has 3 N–H and O–H groups in total. The molecule has 0 aromatic carbocycles. The molecule has 162 valence electrons. The molecule has 1 aromatic heterocycles. The molecule has 1 aliphatic rings. The first-order valence-corrected chi connectivity index (χ1v) is 10.5. The average Bonchev–Trinajstić information content (AvgIpc) is 3.11. The number of rotatable bonds is 10. The summed E-state index contributed by atoms with van der Waals surface area (Å²) in [6, 6.07) is 0. The largest absolute Gasteiger partial charge is 0.383 e. The van der Waals surface area contributed by atoms with Crippen molar-refractivity contribution < 1.29 is 5.11 Å². The van der Waals surface area contributed by atoms with Crippen molar-refractivity contribution in [3.05, 3.63) is 18.0 Å². The van der Waals surface area contributed by atoms with Gasteiger partial charge in [0.1, 0.15) is 5.60 Å². The summed E-state index contributed by atoms with van der Waals surface area (Å²) in [7, 11) is 1.85. The number of aryl methyl sites for hydroxylation is 1. The zero-order valence-corrected chi connectivity index (χ0v) is 20.1. The number of halogens is 1. The molecule has 0 radical (unpaired) electrons. The predicted octanol–water partition coefficient (Wildman–Crippen LogP) is 2.46. The van der Waals surface area contributed by atoms with E-state index in [9.17, 15) is 5.11 Å². The quantitative estimate of drug-likeness (QED) is 0.197. The Kier molecular flexibility index (Phi) is 12.0. The van der Waals surface area contributed by atoms with Crippen molar-refractivity contribution in [1.29, 1.82) is 0 Å². The maximum absolute atomic E-state index is 10.7. The van der Waals surface area contributed by atoms with E-state index < -0.39 is 5.60 Å². The molecule has 0 saturated carbocycles. The lowest BCUT2D eigenvalue weighted by atomic mass is 10.0. The monoisotopic (exact) mass is 506 g/mol. The third-order valence-electron chi connectivity index (χ3n) is 5.11. The van der Waals surface area contributed by atoms with Gasteiger partial charge in [0.2, 0.25) is 0 Å². The summed E-state index contributed by atoms with van der Waals surface area (Å²) in [6.07, 6.45) is 11.3. The Morgan fingerprint density at radius 2 is 1.96 bits per heavy atom. The van der Waals surface area contributed by atoms with E-state index in [0.29, 0.717) is 6.54 Å². The minimum absolute atomic E-state index is 0. The Bertz CT molecular complexity index is 569. The highest BCUT2D eigenvalue weighted by Crippen LogP contribution is 2.19. The number of nitrogens with one attached hydrogen (secondary N) is 2. The van der Waals surface area contributed by atoms with Gasteiger partial charge in [-0.3, -0.25) is 4.68 Å². The summed E-state index contributed by atoms with van der Waals surface area (Å²) in [4.78, 5) is 7.16. The van der Waals surface area contributed by atoms with Crippen LogP contribution in [0, 0.1) is 0 Å². The number of hydrogen-bond acceptors (Lipinski definition) is 4. The Hall–Kier alpha value is -0.870. The minimum atomic E-state index is -1.02. The first-order valence-electron chi connectivity index (χ1n) is 10.5. The molecule has 0 spiro atoms. The topological polar surface area (TPSA) is 77.7 Å². The second kappa shape index (κ2) is 13.4. The molecule has 1 aliphatic heterocycles. The maximum Gasteiger partial charge on any atom is 0.191 e. The molecule has 0 amide bonds. The molecule has 1 atom stereocenters. The number of likely N-dealkylation sites (tertiary alicyclic amines) is 1. The molecule has 28 heavy (non-hydrogen) atoms. The van der Waals surface area contributed by atoms with Crippen molar-refractivity contribution in [3.63, 3.8) is 0 Å². The zero-order chi connectivity index (χ0) is 19.5. The van der Waals surface area contributed by atoms with E-state index in [-0.39, 0.29) is 24.0 Å². The SMILES string of the molecule is CCNC(=NCC(C)(O)c1cnn(C)c1)NCCCCCN1CCCCC1.I. The van der Waals surface area contributed by atoms with Gasteiger partial charge in [-0.2, -0.15) is 5.10 Å². The number of aliphatic hydroxyl groups is 1. The fourth-order valence-electron chi connectivity index (χ4n) is 3.39. The number of nitrogens with zero attached hydrogens (tertiary/aromatic N) is 4. The lowest BCUT2D eigenvalue weighted by Crippen LogP contribution is -2.39. The van der Waals surface area contributed by atoms with E-state index in [0.717, 1.165) is 31.0 Å². The van der Waals surface area contributed by atoms with Crippen LogP contribution >= 0.6 is 24.0 Å². The van der Waals surface area contributed by atoms with Gasteiger partial charge in [0.25, 0.3) is 0 Å². The van der Waals surface area contributed by atoms with Gasteiger partial charge in [-0.15, -0.1) is 24.0 Å². The smallest absolute Gasteiger partial charge is 0.191 e. The first kappa shape index (κ1) is 25.2. The summed E-state index contributed by atoms with van der Waals surface area (Å²) in [6.45, 7) is 9.63. The standard InChI is InChI=1S/C20H38N6O.HI/c1-4-21-19(23-17-20(2,27)18-15-24-25(3)16-18)22-11-7-5-8-12-26-13-9-6-10-14-26;/h15-16,27H,4-14,17H2,1-3H3,(H2,21,22,23);1H. The molecule has 1 aromatic rings. The second-order valence-corrected chi connectivity index (χ2v) is 7.76. The molecule has 7 nitrogen and oxygen atoms in total. The Labute approximate surface area is 187 Å². The van der Waals surface area contributed by atoms with E-state index in [1.54, 1.807) is 17.8 Å². The zero-order valence-electron chi connectivity index (χ0n) is 17.8. The Balaban J connectivity index is 0.00000392. The minimum Gasteiger partial charge on any atom is -0.383 e. The Morgan fingerprint density at radius 1 is 1.21 bits per heavy atom. The lowest BCUT2D eigenvalue weighted by Gasteiger charge is -2.26. The van der Waals surface area contributed by atoms with E-state index in [1.807, 2.05) is 13.2 Å². The molecule has 1 fully saturated rings. The fourth-order valence-corrected chi connectivity index (χ4v) is 3.39. The van der Waals surface area contributed by atoms with Crippen LogP contribution in [0.4, 0.5) is 0 Å². The van der Waals surface area contributed by atoms with Gasteiger partial charge in [-0.1, -0.05) is 12.8 Å². The molecule has 1 unspecified atom stereocenters. The highest BCUT2D eigenvalue weighted by Gasteiger charge is 2.24. The summed E-state index contributed by atoms with van der Waals surface area (Å²) in [5.41, 5.74) is -0.243. The average molecular weight is 506 g/mol. The molecule has 0 bridgehead atoms. The van der Waals surface area contributed by atoms with Crippen LogP contribution in [0.25, 0.3) is 0 Å². The van der Waals surface area contributed by atoms with Gasteiger partial charge in [0, 0.05) is 31.9 Å². The van der Waals surface area contributed by atoms with Gasteiger partial charge in [-0.25, -0.2) is 4.99 Å². The van der Waals surface area contributed by atoms with Gasteiger partial charge < -0.3 is 20.6 Å². The van der Waals surface area contributed by atoms with Crippen LogP contribution in [0.5, 0.6) is 0 Å². The number of hydrogen-bond donors (Lipinski definition) is 3. The molecule has 8 heteroatoms. The summed E-state index contributed by atoms with van der Waals surface area (Å²) in [5.74, 6) is 0.762. The van der Waals surface area contributed by atoms with Crippen molar-refractivity contribution >= 4 is 29.9 Å². The third-order valence-corrected chi connectivity index (χ3v) is 5.11. The van der Waals surface area contributed by atoms with Crippen molar-refractivity contribution in [2.45, 2.75) is 58.0 Å². The maximum atomic E-state index is 10.7. The molecule has 2 rings (SSSR count). The fraction of sp³-hybridized carbons (Fsp3) is 0.800. The predicted molar refractivity (Wildman–Crippen MR) is 126 cm³/mol. The van der Waals surface area contributed by atoms with Crippen LogP contribution in [0.2, 0.25) is 0 Å². The van der Waals surface area contributed by atoms with Gasteiger partial charge in [-0.05, 0) is 59.2 Å². The lowest BCUT2D eigenvalue weighted by molar-refractivity contribution is 0.0672. The molecule has 1 saturated heterocycles. The highest BCUT2D eigenvalue weighted by atomic mass is 127. The van der Waals surface area contributed by atoms with E-state index in [1.165, 1.54) is 51.7 Å². The number of aromatic nitrogens is 2. The van der Waals surface area contributed by atoms with Crippen LogP contribution in [-0.2, 0) is 12.6 Å². The highest BCUT2D eigenvalue weighted by molar-refractivity contribution is 14.0.